The zero-order valence-corrected chi connectivity index (χ0v) is 11.1. The predicted octanol–water partition coefficient (Wildman–Crippen LogP) is 3.46. The molecule has 0 atom stereocenters. The fourth-order valence-corrected chi connectivity index (χ4v) is 1.87. The Balaban J connectivity index is 0.00000144. The van der Waals surface area contributed by atoms with Crippen molar-refractivity contribution in [1.29, 1.82) is 0 Å². The van der Waals surface area contributed by atoms with Gasteiger partial charge in [-0.05, 0) is 18.2 Å². The van der Waals surface area contributed by atoms with E-state index in [-0.39, 0.29) is 18.2 Å². The van der Waals surface area contributed by atoms with Crippen LogP contribution in [0.1, 0.15) is 5.56 Å². The van der Waals surface area contributed by atoms with Crippen molar-refractivity contribution >= 4 is 35.6 Å². The summed E-state index contributed by atoms with van der Waals surface area (Å²) < 4.78 is 1.93. The highest BCUT2D eigenvalue weighted by molar-refractivity contribution is 6.35. The first-order valence-electron chi connectivity index (χ1n) is 4.77. The van der Waals surface area contributed by atoms with Gasteiger partial charge < -0.3 is 5.11 Å². The minimum Gasteiger partial charge on any atom is -0.507 e. The summed E-state index contributed by atoms with van der Waals surface area (Å²) in [6, 6.07) is 8.68. The average molecular weight is 292 g/mol. The van der Waals surface area contributed by atoms with E-state index in [9.17, 15) is 0 Å². The van der Waals surface area contributed by atoms with Crippen molar-refractivity contribution in [1.82, 2.24) is 0 Å². The van der Waals surface area contributed by atoms with Gasteiger partial charge in [0, 0.05) is 22.7 Å². The summed E-state index contributed by atoms with van der Waals surface area (Å²) in [7, 11) is 0. The van der Waals surface area contributed by atoms with Crippen LogP contribution in [-0.2, 0) is 6.54 Å². The molecule has 0 radical (unpaired) electrons. The monoisotopic (exact) mass is 290 g/mol. The van der Waals surface area contributed by atoms with Crippen LogP contribution in [0.3, 0.4) is 0 Å². The number of hydrogen-bond donors (Lipinski definition) is 1. The van der Waals surface area contributed by atoms with E-state index in [4.69, 9.17) is 28.3 Å². The lowest BCUT2D eigenvalue weighted by molar-refractivity contribution is -0.688. The van der Waals surface area contributed by atoms with E-state index in [2.05, 4.69) is 0 Å². The fraction of sp³-hybridized carbons (Fsp3) is 0.0833. The van der Waals surface area contributed by atoms with Gasteiger partial charge in [-0.15, -0.1) is 12.4 Å². The first-order chi connectivity index (χ1) is 7.65. The van der Waals surface area contributed by atoms with Crippen LogP contribution in [0.15, 0.2) is 42.7 Å². The molecule has 1 heterocycles. The normalized spacial score (nSPS) is 9.76. The second-order valence-electron chi connectivity index (χ2n) is 3.46. The summed E-state index contributed by atoms with van der Waals surface area (Å²) in [6.45, 7) is 0.649. The molecule has 0 aliphatic heterocycles. The van der Waals surface area contributed by atoms with Crippen molar-refractivity contribution in [2.45, 2.75) is 6.54 Å². The van der Waals surface area contributed by atoms with Crippen LogP contribution in [-0.4, -0.2) is 5.11 Å². The van der Waals surface area contributed by atoms with Gasteiger partial charge in [-0.1, -0.05) is 23.2 Å². The third kappa shape index (κ3) is 3.77. The summed E-state index contributed by atoms with van der Waals surface area (Å²) in [5.41, 5.74) is 0.988. The lowest BCUT2D eigenvalue weighted by atomic mass is 10.2. The van der Waals surface area contributed by atoms with Gasteiger partial charge >= 0.3 is 0 Å². The molecule has 1 N–H and O–H groups in total. The molecule has 2 aromatic rings. The largest absolute Gasteiger partial charge is 0.507 e. The molecule has 0 unspecified atom stereocenters. The van der Waals surface area contributed by atoms with Crippen LogP contribution >= 0.6 is 35.6 Å². The Bertz CT molecular complexity index is 500. The Labute approximate surface area is 116 Å². The molecule has 2 rings (SSSR count). The minimum atomic E-state index is 0. The molecule has 0 saturated heterocycles. The zero-order valence-electron chi connectivity index (χ0n) is 8.81. The maximum atomic E-state index is 9.16. The number of pyridine rings is 1. The number of benzene rings is 1. The molecule has 0 aliphatic carbocycles. The highest BCUT2D eigenvalue weighted by Gasteiger charge is 2.07. The van der Waals surface area contributed by atoms with Gasteiger partial charge in [0.05, 0.1) is 5.02 Å². The summed E-state index contributed by atoms with van der Waals surface area (Å²) in [4.78, 5) is 0. The number of hydrogen-bond acceptors (Lipinski definition) is 1. The molecule has 90 valence electrons. The summed E-state index contributed by atoms with van der Waals surface area (Å²) in [5, 5.41) is 10.4. The van der Waals surface area contributed by atoms with E-state index in [1.54, 1.807) is 30.6 Å². The van der Waals surface area contributed by atoms with Crippen LogP contribution in [0.2, 0.25) is 10.0 Å². The quantitative estimate of drug-likeness (QED) is 0.842. The molecular weight excluding hydrogens is 280 g/mol. The molecule has 0 spiro atoms. The Morgan fingerprint density at radius 3 is 2.29 bits per heavy atom. The molecule has 0 bridgehead atoms. The topological polar surface area (TPSA) is 24.1 Å². The van der Waals surface area contributed by atoms with Crippen LogP contribution in [0, 0.1) is 0 Å². The van der Waals surface area contributed by atoms with Crippen molar-refractivity contribution in [2.75, 3.05) is 0 Å². The first kappa shape index (κ1) is 14.1. The van der Waals surface area contributed by atoms with E-state index in [0.717, 1.165) is 5.56 Å². The molecule has 0 amide bonds. The molecule has 2 nitrogen and oxygen atoms in total. The smallest absolute Gasteiger partial charge is 0.175 e. The van der Waals surface area contributed by atoms with Crippen LogP contribution in [0.25, 0.3) is 0 Å². The van der Waals surface area contributed by atoms with Gasteiger partial charge in [0.15, 0.2) is 18.9 Å². The molecule has 0 fully saturated rings. The number of aromatic hydroxyl groups is 1. The lowest BCUT2D eigenvalue weighted by Crippen LogP contribution is -2.32. The SMILES string of the molecule is Cl.Oc1cc[n+](Cc2ccc(Cl)cc2Cl)cc1. The summed E-state index contributed by atoms with van der Waals surface area (Å²) in [6.07, 6.45) is 3.58. The first-order valence-corrected chi connectivity index (χ1v) is 5.53. The van der Waals surface area contributed by atoms with E-state index < -0.39 is 0 Å². The van der Waals surface area contributed by atoms with Crippen molar-refractivity contribution in [3.05, 3.63) is 58.3 Å². The second kappa shape index (κ2) is 6.10. The standard InChI is InChI=1S/C12H9Cl2NO.ClH/c13-10-2-1-9(12(14)7-10)8-15-5-3-11(16)4-6-15;/h1-7H,8H2;1H/p+1. The minimum absolute atomic E-state index is 0. The van der Waals surface area contributed by atoms with Gasteiger partial charge in [0.1, 0.15) is 5.75 Å². The van der Waals surface area contributed by atoms with E-state index in [1.807, 2.05) is 16.7 Å². The maximum absolute atomic E-state index is 9.16. The molecular formula is C12H11Cl3NO+. The fourth-order valence-electron chi connectivity index (χ4n) is 1.40. The van der Waals surface area contributed by atoms with Crippen molar-refractivity contribution < 1.29 is 9.67 Å². The van der Waals surface area contributed by atoms with Crippen LogP contribution in [0.5, 0.6) is 5.75 Å². The van der Waals surface area contributed by atoms with Gasteiger partial charge in [0.2, 0.25) is 0 Å². The molecule has 1 aromatic carbocycles. The van der Waals surface area contributed by atoms with Gasteiger partial charge in [-0.25, -0.2) is 4.57 Å². The lowest BCUT2D eigenvalue weighted by Gasteiger charge is -2.01. The predicted molar refractivity (Wildman–Crippen MR) is 71.1 cm³/mol. The van der Waals surface area contributed by atoms with Gasteiger partial charge in [0.25, 0.3) is 0 Å². The molecule has 5 heteroatoms. The average Bonchev–Trinajstić information content (AvgIpc) is 2.25. The Morgan fingerprint density at radius 1 is 1.06 bits per heavy atom. The maximum Gasteiger partial charge on any atom is 0.175 e. The third-order valence-electron chi connectivity index (χ3n) is 2.24. The number of rotatable bonds is 2. The summed E-state index contributed by atoms with van der Waals surface area (Å²) in [5.74, 6) is 0.249. The number of halogens is 3. The highest BCUT2D eigenvalue weighted by atomic mass is 35.5. The Hall–Kier alpha value is -0.960. The van der Waals surface area contributed by atoms with Gasteiger partial charge in [-0.3, -0.25) is 0 Å². The van der Waals surface area contributed by atoms with Gasteiger partial charge in [-0.2, -0.15) is 0 Å². The van der Waals surface area contributed by atoms with Crippen LogP contribution < -0.4 is 4.57 Å². The highest BCUT2D eigenvalue weighted by Crippen LogP contribution is 2.20. The Morgan fingerprint density at radius 2 is 1.71 bits per heavy atom. The van der Waals surface area contributed by atoms with Crippen molar-refractivity contribution in [3.8, 4) is 5.75 Å². The second-order valence-corrected chi connectivity index (χ2v) is 4.31. The van der Waals surface area contributed by atoms with Crippen LogP contribution in [0.4, 0.5) is 0 Å². The third-order valence-corrected chi connectivity index (χ3v) is 2.83. The number of nitrogens with zero attached hydrogens (tertiary/aromatic N) is 1. The Kier molecular flexibility index (Phi) is 5.06. The molecule has 0 aliphatic rings. The van der Waals surface area contributed by atoms with Crippen molar-refractivity contribution in [2.24, 2.45) is 0 Å². The molecule has 1 aromatic heterocycles. The van der Waals surface area contributed by atoms with Crippen molar-refractivity contribution in [3.63, 3.8) is 0 Å². The zero-order chi connectivity index (χ0) is 11.5. The van der Waals surface area contributed by atoms with E-state index in [1.165, 1.54) is 0 Å². The van der Waals surface area contributed by atoms with E-state index in [0.29, 0.717) is 16.6 Å². The molecule has 0 saturated carbocycles. The van der Waals surface area contributed by atoms with E-state index >= 15 is 0 Å². The number of aromatic nitrogens is 1. The summed E-state index contributed by atoms with van der Waals surface area (Å²) >= 11 is 11.9. The molecule has 17 heavy (non-hydrogen) atoms.